The van der Waals surface area contributed by atoms with Gasteiger partial charge in [0.15, 0.2) is 0 Å². The number of hydrogen-bond donors (Lipinski definition) is 0. The van der Waals surface area contributed by atoms with Crippen molar-refractivity contribution < 1.29 is 9.31 Å². The van der Waals surface area contributed by atoms with E-state index in [-0.39, 0.29) is 5.69 Å². The van der Waals surface area contributed by atoms with Crippen molar-refractivity contribution >= 4 is 11.4 Å². The quantitative estimate of drug-likeness (QED) is 0.587. The summed E-state index contributed by atoms with van der Waals surface area (Å²) in [6.45, 7) is 3.73. The zero-order valence-corrected chi connectivity index (χ0v) is 9.73. The van der Waals surface area contributed by atoms with Gasteiger partial charge in [-0.1, -0.05) is 6.92 Å². The van der Waals surface area contributed by atoms with Crippen LogP contribution in [0.5, 0.6) is 0 Å². The van der Waals surface area contributed by atoms with Crippen LogP contribution in [-0.4, -0.2) is 18.0 Å². The summed E-state index contributed by atoms with van der Waals surface area (Å²) < 4.78 is 13.0. The lowest BCUT2D eigenvalue weighted by atomic mass is 9.99. The number of nitro benzene ring substituents is 1. The third-order valence-electron chi connectivity index (χ3n) is 3.13. The lowest BCUT2D eigenvalue weighted by molar-refractivity contribution is -0.384. The lowest BCUT2D eigenvalue weighted by Gasteiger charge is -2.32. The standard InChI is InChI=1S/C12H15FN2O2/c1-9-3-2-6-14(8-9)11-5-4-10(13)7-12(11)15(16)17/h4-5,7,9H,2-3,6,8H2,1H3/t9-/m0/s1. The van der Waals surface area contributed by atoms with Crippen LogP contribution in [0.1, 0.15) is 19.8 Å². The second-order valence-corrected chi connectivity index (χ2v) is 4.58. The van der Waals surface area contributed by atoms with Crippen LogP contribution in [0.2, 0.25) is 0 Å². The number of hydrogen-bond acceptors (Lipinski definition) is 3. The fraction of sp³-hybridized carbons (Fsp3) is 0.500. The summed E-state index contributed by atoms with van der Waals surface area (Å²) in [5.74, 6) is -0.0427. The zero-order chi connectivity index (χ0) is 12.4. The highest BCUT2D eigenvalue weighted by molar-refractivity contribution is 5.63. The van der Waals surface area contributed by atoms with Crippen LogP contribution in [-0.2, 0) is 0 Å². The summed E-state index contributed by atoms with van der Waals surface area (Å²) in [5.41, 5.74) is 0.391. The van der Waals surface area contributed by atoms with Gasteiger partial charge in [0.05, 0.1) is 11.0 Å². The van der Waals surface area contributed by atoms with Crippen LogP contribution in [0.4, 0.5) is 15.8 Å². The van der Waals surface area contributed by atoms with E-state index < -0.39 is 10.7 Å². The Hall–Kier alpha value is -1.65. The topological polar surface area (TPSA) is 46.4 Å². The number of rotatable bonds is 2. The average Bonchev–Trinajstić information content (AvgIpc) is 2.28. The molecule has 1 aromatic rings. The molecule has 4 nitrogen and oxygen atoms in total. The number of anilines is 1. The molecule has 1 aromatic carbocycles. The molecule has 0 N–H and O–H groups in total. The monoisotopic (exact) mass is 238 g/mol. The summed E-state index contributed by atoms with van der Waals surface area (Å²) >= 11 is 0. The number of nitrogens with zero attached hydrogens (tertiary/aromatic N) is 2. The normalized spacial score (nSPS) is 20.4. The molecule has 0 aliphatic carbocycles. The smallest absolute Gasteiger partial charge is 0.295 e. The van der Waals surface area contributed by atoms with Crippen molar-refractivity contribution in [1.82, 2.24) is 0 Å². The van der Waals surface area contributed by atoms with Gasteiger partial charge in [0.25, 0.3) is 5.69 Å². The van der Waals surface area contributed by atoms with Gasteiger partial charge in [-0.3, -0.25) is 10.1 Å². The third-order valence-corrected chi connectivity index (χ3v) is 3.13. The summed E-state index contributed by atoms with van der Waals surface area (Å²) in [7, 11) is 0. The molecule has 5 heteroatoms. The van der Waals surface area contributed by atoms with Gasteiger partial charge >= 0.3 is 0 Å². The molecule has 17 heavy (non-hydrogen) atoms. The molecule has 2 rings (SSSR count). The largest absolute Gasteiger partial charge is 0.366 e. The van der Waals surface area contributed by atoms with E-state index in [1.807, 2.05) is 4.90 Å². The molecule has 0 aromatic heterocycles. The molecule has 1 aliphatic heterocycles. The first kappa shape index (κ1) is 11.8. The van der Waals surface area contributed by atoms with Crippen LogP contribution in [0, 0.1) is 21.8 Å². The Kier molecular flexibility index (Phi) is 3.26. The van der Waals surface area contributed by atoms with Gasteiger partial charge in [-0.15, -0.1) is 0 Å². The van der Waals surface area contributed by atoms with Crippen LogP contribution < -0.4 is 4.90 Å². The van der Waals surface area contributed by atoms with E-state index in [4.69, 9.17) is 0 Å². The maximum Gasteiger partial charge on any atom is 0.295 e. The predicted molar refractivity (Wildman–Crippen MR) is 63.7 cm³/mol. The predicted octanol–water partition coefficient (Wildman–Crippen LogP) is 2.97. The van der Waals surface area contributed by atoms with Gasteiger partial charge in [-0.2, -0.15) is 0 Å². The Morgan fingerprint density at radius 2 is 2.29 bits per heavy atom. The minimum Gasteiger partial charge on any atom is -0.366 e. The highest BCUT2D eigenvalue weighted by atomic mass is 19.1. The fourth-order valence-corrected chi connectivity index (χ4v) is 2.32. The van der Waals surface area contributed by atoms with E-state index in [9.17, 15) is 14.5 Å². The van der Waals surface area contributed by atoms with Crippen molar-refractivity contribution in [2.45, 2.75) is 19.8 Å². The highest BCUT2D eigenvalue weighted by Gasteiger charge is 2.24. The summed E-state index contributed by atoms with van der Waals surface area (Å²) in [6.07, 6.45) is 2.17. The Labute approximate surface area is 99.2 Å². The van der Waals surface area contributed by atoms with Crippen LogP contribution >= 0.6 is 0 Å². The van der Waals surface area contributed by atoms with Crippen molar-refractivity contribution in [2.24, 2.45) is 5.92 Å². The summed E-state index contributed by atoms with van der Waals surface area (Å²) in [4.78, 5) is 12.4. The highest BCUT2D eigenvalue weighted by Crippen LogP contribution is 2.31. The molecule has 1 atom stereocenters. The van der Waals surface area contributed by atoms with Crippen molar-refractivity contribution in [3.05, 3.63) is 34.1 Å². The number of piperidine rings is 1. The minimum absolute atomic E-state index is 0.140. The van der Waals surface area contributed by atoms with Crippen molar-refractivity contribution in [3.8, 4) is 0 Å². The Bertz CT molecular complexity index is 437. The Morgan fingerprint density at radius 3 is 2.94 bits per heavy atom. The van der Waals surface area contributed by atoms with E-state index in [0.29, 0.717) is 11.6 Å². The molecule has 1 heterocycles. The molecular weight excluding hydrogens is 223 g/mol. The fourth-order valence-electron chi connectivity index (χ4n) is 2.32. The molecule has 92 valence electrons. The zero-order valence-electron chi connectivity index (χ0n) is 9.73. The first-order valence-corrected chi connectivity index (χ1v) is 5.77. The number of nitro groups is 1. The van der Waals surface area contributed by atoms with Gasteiger partial charge in [-0.25, -0.2) is 4.39 Å². The first-order valence-electron chi connectivity index (χ1n) is 5.77. The van der Waals surface area contributed by atoms with Gasteiger partial charge in [0.2, 0.25) is 0 Å². The second-order valence-electron chi connectivity index (χ2n) is 4.58. The van der Waals surface area contributed by atoms with E-state index in [1.165, 1.54) is 12.1 Å². The molecule has 1 saturated heterocycles. The minimum atomic E-state index is -0.564. The summed E-state index contributed by atoms with van der Waals surface area (Å²) in [5, 5.41) is 10.9. The molecule has 0 spiro atoms. The van der Waals surface area contributed by atoms with E-state index in [1.54, 1.807) is 0 Å². The average molecular weight is 238 g/mol. The van der Waals surface area contributed by atoms with E-state index >= 15 is 0 Å². The molecular formula is C12H15FN2O2. The first-order chi connectivity index (χ1) is 8.08. The van der Waals surface area contributed by atoms with Gasteiger partial charge in [-0.05, 0) is 30.9 Å². The van der Waals surface area contributed by atoms with Crippen molar-refractivity contribution in [2.75, 3.05) is 18.0 Å². The molecule has 0 saturated carbocycles. The maximum absolute atomic E-state index is 13.0. The summed E-state index contributed by atoms with van der Waals surface area (Å²) in [6, 6.07) is 3.78. The number of halogens is 1. The van der Waals surface area contributed by atoms with E-state index in [0.717, 1.165) is 32.0 Å². The van der Waals surface area contributed by atoms with E-state index in [2.05, 4.69) is 6.92 Å². The van der Waals surface area contributed by atoms with Gasteiger partial charge in [0.1, 0.15) is 11.5 Å². The van der Waals surface area contributed by atoms with Gasteiger partial charge in [0, 0.05) is 13.1 Å². The molecule has 0 amide bonds. The Morgan fingerprint density at radius 1 is 1.53 bits per heavy atom. The van der Waals surface area contributed by atoms with Crippen molar-refractivity contribution in [1.29, 1.82) is 0 Å². The molecule has 0 bridgehead atoms. The molecule has 0 radical (unpaired) electrons. The molecule has 0 unspecified atom stereocenters. The van der Waals surface area contributed by atoms with Crippen LogP contribution in [0.25, 0.3) is 0 Å². The molecule has 1 fully saturated rings. The SMILES string of the molecule is C[C@H]1CCCN(c2ccc(F)cc2[N+](=O)[O-])C1. The van der Waals surface area contributed by atoms with Gasteiger partial charge < -0.3 is 4.90 Å². The van der Waals surface area contributed by atoms with Crippen molar-refractivity contribution in [3.63, 3.8) is 0 Å². The Balaban J connectivity index is 2.33. The molecule has 1 aliphatic rings. The maximum atomic E-state index is 13.0. The third kappa shape index (κ3) is 2.54. The second kappa shape index (κ2) is 4.69. The van der Waals surface area contributed by atoms with Crippen LogP contribution in [0.3, 0.4) is 0 Å². The van der Waals surface area contributed by atoms with Crippen LogP contribution in [0.15, 0.2) is 18.2 Å². The number of benzene rings is 1. The lowest BCUT2D eigenvalue weighted by Crippen LogP contribution is -2.34.